The van der Waals surface area contributed by atoms with Gasteiger partial charge in [-0.15, -0.1) is 0 Å². The molecule has 0 aliphatic carbocycles. The number of carbonyl (C=O) groups excluding carboxylic acids is 1. The van der Waals surface area contributed by atoms with E-state index >= 15 is 0 Å². The van der Waals surface area contributed by atoms with Crippen LogP contribution in [-0.4, -0.2) is 12.6 Å². The highest BCUT2D eigenvalue weighted by atomic mass is 127. The zero-order valence-electron chi connectivity index (χ0n) is 9.28. The fourth-order valence-electron chi connectivity index (χ4n) is 1.14. The number of ether oxygens (including phenoxy) is 1. The molecular weight excluding hydrogens is 315 g/mol. The summed E-state index contributed by atoms with van der Waals surface area (Å²) in [7, 11) is 0. The number of benzene rings is 1. The number of hydrogen-bond donors (Lipinski definition) is 0. The van der Waals surface area contributed by atoms with Crippen molar-refractivity contribution in [3.8, 4) is 0 Å². The Labute approximate surface area is 110 Å². The van der Waals surface area contributed by atoms with E-state index in [0.29, 0.717) is 6.61 Å². The van der Waals surface area contributed by atoms with Crippen molar-refractivity contribution in [2.45, 2.75) is 19.8 Å². The molecule has 0 unspecified atom stereocenters. The zero-order valence-corrected chi connectivity index (χ0v) is 11.4. The third kappa shape index (κ3) is 5.30. The summed E-state index contributed by atoms with van der Waals surface area (Å²) in [6, 6.07) is 7.94. The second-order valence-electron chi connectivity index (χ2n) is 3.41. The van der Waals surface area contributed by atoms with Gasteiger partial charge in [-0.1, -0.05) is 25.5 Å². The van der Waals surface area contributed by atoms with Crippen molar-refractivity contribution in [3.05, 3.63) is 39.5 Å². The maximum Gasteiger partial charge on any atom is 0.330 e. The number of carbonyl (C=O) groups is 1. The van der Waals surface area contributed by atoms with Gasteiger partial charge in [-0.25, -0.2) is 4.79 Å². The third-order valence-electron chi connectivity index (χ3n) is 2.00. The maximum absolute atomic E-state index is 11.3. The third-order valence-corrected chi connectivity index (χ3v) is 2.67. The molecule has 0 fully saturated rings. The summed E-state index contributed by atoms with van der Waals surface area (Å²) in [4.78, 5) is 11.3. The molecule has 0 saturated heterocycles. The van der Waals surface area contributed by atoms with Gasteiger partial charge in [0.05, 0.1) is 6.61 Å². The topological polar surface area (TPSA) is 26.3 Å². The number of hydrogen-bond acceptors (Lipinski definition) is 2. The van der Waals surface area contributed by atoms with Crippen LogP contribution in [0.3, 0.4) is 0 Å². The van der Waals surface area contributed by atoms with Crippen molar-refractivity contribution in [2.75, 3.05) is 6.61 Å². The minimum atomic E-state index is -0.271. The van der Waals surface area contributed by atoms with Gasteiger partial charge in [-0.3, -0.25) is 0 Å². The quantitative estimate of drug-likeness (QED) is 0.357. The van der Waals surface area contributed by atoms with Crippen LogP contribution < -0.4 is 0 Å². The standard InChI is InChI=1S/C13H15IO2/c1-2-3-9-16-13(15)8-7-11-5-4-6-12(14)10-11/h4-8,10H,2-3,9H2,1H3. The van der Waals surface area contributed by atoms with E-state index in [2.05, 4.69) is 29.5 Å². The van der Waals surface area contributed by atoms with Crippen LogP contribution in [0, 0.1) is 3.57 Å². The summed E-state index contributed by atoms with van der Waals surface area (Å²) in [5.74, 6) is -0.271. The highest BCUT2D eigenvalue weighted by Crippen LogP contribution is 2.09. The summed E-state index contributed by atoms with van der Waals surface area (Å²) in [6.07, 6.45) is 5.20. The van der Waals surface area contributed by atoms with Crippen LogP contribution in [0.1, 0.15) is 25.3 Å². The zero-order chi connectivity index (χ0) is 11.8. The van der Waals surface area contributed by atoms with Crippen molar-refractivity contribution in [1.82, 2.24) is 0 Å². The smallest absolute Gasteiger partial charge is 0.330 e. The van der Waals surface area contributed by atoms with E-state index in [4.69, 9.17) is 4.74 Å². The molecule has 3 heteroatoms. The fourth-order valence-corrected chi connectivity index (χ4v) is 1.71. The van der Waals surface area contributed by atoms with E-state index < -0.39 is 0 Å². The van der Waals surface area contributed by atoms with Gasteiger partial charge in [-0.05, 0) is 52.8 Å². The Morgan fingerprint density at radius 1 is 1.50 bits per heavy atom. The van der Waals surface area contributed by atoms with Crippen molar-refractivity contribution in [2.24, 2.45) is 0 Å². The second kappa shape index (κ2) is 7.44. The molecule has 0 heterocycles. The Bertz CT molecular complexity index is 372. The molecule has 0 aliphatic heterocycles. The van der Waals surface area contributed by atoms with Crippen molar-refractivity contribution in [3.63, 3.8) is 0 Å². The van der Waals surface area contributed by atoms with Crippen LogP contribution in [0.4, 0.5) is 0 Å². The molecule has 86 valence electrons. The van der Waals surface area contributed by atoms with Crippen LogP contribution in [0.25, 0.3) is 6.08 Å². The Hall–Kier alpha value is -0.840. The number of halogens is 1. The molecule has 0 aliphatic rings. The van der Waals surface area contributed by atoms with Gasteiger partial charge in [0, 0.05) is 9.65 Å². The largest absolute Gasteiger partial charge is 0.463 e. The first kappa shape index (κ1) is 13.2. The summed E-state index contributed by atoms with van der Waals surface area (Å²) in [6.45, 7) is 2.57. The predicted molar refractivity (Wildman–Crippen MR) is 74.1 cm³/mol. The van der Waals surface area contributed by atoms with Gasteiger partial charge in [0.15, 0.2) is 0 Å². The minimum absolute atomic E-state index is 0.271. The van der Waals surface area contributed by atoms with E-state index in [1.54, 1.807) is 6.08 Å². The predicted octanol–water partition coefficient (Wildman–Crippen LogP) is 3.65. The van der Waals surface area contributed by atoms with Crippen LogP contribution >= 0.6 is 22.6 Å². The molecule has 2 nitrogen and oxygen atoms in total. The number of esters is 1. The lowest BCUT2D eigenvalue weighted by molar-refractivity contribution is -0.137. The molecule has 16 heavy (non-hydrogen) atoms. The van der Waals surface area contributed by atoms with E-state index in [-0.39, 0.29) is 5.97 Å². The molecule has 0 saturated carbocycles. The summed E-state index contributed by atoms with van der Waals surface area (Å²) >= 11 is 2.24. The molecule has 0 radical (unpaired) electrons. The van der Waals surface area contributed by atoms with Gasteiger partial charge < -0.3 is 4.74 Å². The van der Waals surface area contributed by atoms with Crippen LogP contribution in [-0.2, 0) is 9.53 Å². The maximum atomic E-state index is 11.3. The monoisotopic (exact) mass is 330 g/mol. The minimum Gasteiger partial charge on any atom is -0.463 e. The molecule has 1 rings (SSSR count). The Balaban J connectivity index is 2.44. The first-order chi connectivity index (χ1) is 7.72. The average Bonchev–Trinajstić information content (AvgIpc) is 2.27. The molecule has 0 amide bonds. The Morgan fingerprint density at radius 2 is 2.31 bits per heavy atom. The van der Waals surface area contributed by atoms with E-state index in [0.717, 1.165) is 22.0 Å². The second-order valence-corrected chi connectivity index (χ2v) is 4.66. The van der Waals surface area contributed by atoms with Crippen LogP contribution in [0.5, 0.6) is 0 Å². The summed E-state index contributed by atoms with van der Waals surface area (Å²) in [5, 5.41) is 0. The summed E-state index contributed by atoms with van der Waals surface area (Å²) in [5.41, 5.74) is 1.01. The molecule has 1 aromatic carbocycles. The van der Waals surface area contributed by atoms with E-state index in [9.17, 15) is 4.79 Å². The Kier molecular flexibility index (Phi) is 6.15. The normalized spacial score (nSPS) is 10.6. The first-order valence-electron chi connectivity index (χ1n) is 5.33. The molecule has 0 aromatic heterocycles. The van der Waals surface area contributed by atoms with Crippen molar-refractivity contribution in [1.29, 1.82) is 0 Å². The molecule has 1 aromatic rings. The lowest BCUT2D eigenvalue weighted by Crippen LogP contribution is -2.01. The molecule has 0 N–H and O–H groups in total. The summed E-state index contributed by atoms with van der Waals surface area (Å²) < 4.78 is 6.16. The molecule has 0 spiro atoms. The Morgan fingerprint density at radius 3 is 3.00 bits per heavy atom. The molecule has 0 bridgehead atoms. The highest BCUT2D eigenvalue weighted by Gasteiger charge is 1.96. The van der Waals surface area contributed by atoms with E-state index in [1.165, 1.54) is 6.08 Å². The van der Waals surface area contributed by atoms with Gasteiger partial charge in [0.2, 0.25) is 0 Å². The van der Waals surface area contributed by atoms with Crippen LogP contribution in [0.2, 0.25) is 0 Å². The lowest BCUT2D eigenvalue weighted by Gasteiger charge is -1.99. The fraction of sp³-hybridized carbons (Fsp3) is 0.308. The van der Waals surface area contributed by atoms with E-state index in [1.807, 2.05) is 24.3 Å². The van der Waals surface area contributed by atoms with Gasteiger partial charge >= 0.3 is 5.97 Å². The van der Waals surface area contributed by atoms with Crippen LogP contribution in [0.15, 0.2) is 30.3 Å². The average molecular weight is 330 g/mol. The SMILES string of the molecule is CCCCOC(=O)C=Cc1cccc(I)c1. The molecular formula is C13H15IO2. The first-order valence-corrected chi connectivity index (χ1v) is 6.40. The van der Waals surface area contributed by atoms with Crippen molar-refractivity contribution >= 4 is 34.6 Å². The van der Waals surface area contributed by atoms with Gasteiger partial charge in [-0.2, -0.15) is 0 Å². The van der Waals surface area contributed by atoms with Gasteiger partial charge in [0.1, 0.15) is 0 Å². The lowest BCUT2D eigenvalue weighted by atomic mass is 10.2. The van der Waals surface area contributed by atoms with Crippen molar-refractivity contribution < 1.29 is 9.53 Å². The van der Waals surface area contributed by atoms with Gasteiger partial charge in [0.25, 0.3) is 0 Å². The number of unbranched alkanes of at least 4 members (excludes halogenated alkanes) is 1. The molecule has 0 atom stereocenters. The number of rotatable bonds is 5. The highest BCUT2D eigenvalue weighted by molar-refractivity contribution is 14.1.